The van der Waals surface area contributed by atoms with Gasteiger partial charge in [-0.2, -0.15) is 0 Å². The van der Waals surface area contributed by atoms with E-state index < -0.39 is 0 Å². The Hall–Kier alpha value is -2.89. The van der Waals surface area contributed by atoms with Crippen molar-refractivity contribution < 1.29 is 14.3 Å². The van der Waals surface area contributed by atoms with E-state index in [2.05, 4.69) is 10.3 Å². The third-order valence-corrected chi connectivity index (χ3v) is 6.05. The van der Waals surface area contributed by atoms with E-state index >= 15 is 0 Å². The van der Waals surface area contributed by atoms with Crippen LogP contribution in [0.4, 0.5) is 0 Å². The molecule has 2 fully saturated rings. The van der Waals surface area contributed by atoms with E-state index in [0.29, 0.717) is 19.7 Å². The summed E-state index contributed by atoms with van der Waals surface area (Å²) in [4.78, 5) is 31.6. The Kier molecular flexibility index (Phi) is 6.62. The predicted octanol–water partition coefficient (Wildman–Crippen LogP) is 3.46. The normalized spacial score (nSPS) is 19.1. The van der Waals surface area contributed by atoms with Gasteiger partial charge in [-0.1, -0.05) is 31.0 Å². The summed E-state index contributed by atoms with van der Waals surface area (Å²) in [5.74, 6) is 1.02. The minimum Gasteiger partial charge on any atom is -0.487 e. The Morgan fingerprint density at radius 3 is 2.57 bits per heavy atom. The molecule has 4 rings (SSSR count). The highest BCUT2D eigenvalue weighted by atomic mass is 16.5. The molecule has 2 heterocycles. The molecule has 1 atom stereocenters. The second kappa shape index (κ2) is 9.74. The zero-order chi connectivity index (χ0) is 20.8. The number of amides is 2. The van der Waals surface area contributed by atoms with Crippen molar-refractivity contribution in [1.82, 2.24) is 15.2 Å². The van der Waals surface area contributed by atoms with Crippen molar-refractivity contribution >= 4 is 11.8 Å². The molecule has 1 aromatic carbocycles. The second-order valence-corrected chi connectivity index (χ2v) is 8.14. The van der Waals surface area contributed by atoms with Crippen LogP contribution >= 0.6 is 0 Å². The van der Waals surface area contributed by atoms with Gasteiger partial charge in [0.1, 0.15) is 18.4 Å². The van der Waals surface area contributed by atoms with Crippen LogP contribution < -0.4 is 10.1 Å². The van der Waals surface area contributed by atoms with Crippen LogP contribution in [-0.4, -0.2) is 34.3 Å². The van der Waals surface area contributed by atoms with Gasteiger partial charge in [-0.05, 0) is 55.5 Å². The van der Waals surface area contributed by atoms with Crippen molar-refractivity contribution in [3.63, 3.8) is 0 Å². The van der Waals surface area contributed by atoms with Crippen LogP contribution in [0.2, 0.25) is 0 Å². The van der Waals surface area contributed by atoms with Gasteiger partial charge in [0.25, 0.3) is 0 Å². The Morgan fingerprint density at radius 2 is 1.83 bits per heavy atom. The van der Waals surface area contributed by atoms with Gasteiger partial charge < -0.3 is 15.0 Å². The monoisotopic (exact) mass is 407 g/mol. The zero-order valence-electron chi connectivity index (χ0n) is 17.3. The molecule has 1 saturated carbocycles. The van der Waals surface area contributed by atoms with E-state index in [1.807, 2.05) is 47.4 Å². The van der Waals surface area contributed by atoms with Gasteiger partial charge in [-0.25, -0.2) is 0 Å². The van der Waals surface area contributed by atoms with Crippen molar-refractivity contribution in [2.45, 2.75) is 57.7 Å². The van der Waals surface area contributed by atoms with Gasteiger partial charge in [0.05, 0.1) is 5.69 Å². The molecule has 1 aliphatic carbocycles. The van der Waals surface area contributed by atoms with Gasteiger partial charge in [0, 0.05) is 25.2 Å². The van der Waals surface area contributed by atoms with Crippen molar-refractivity contribution in [2.24, 2.45) is 5.92 Å². The summed E-state index contributed by atoms with van der Waals surface area (Å²) in [7, 11) is 0. The minimum atomic E-state index is -0.320. The van der Waals surface area contributed by atoms with Crippen LogP contribution in [0.3, 0.4) is 0 Å². The Morgan fingerprint density at radius 1 is 1.03 bits per heavy atom. The van der Waals surface area contributed by atoms with E-state index in [1.165, 1.54) is 0 Å². The Bertz CT molecular complexity index is 848. The largest absolute Gasteiger partial charge is 0.487 e. The first kappa shape index (κ1) is 20.4. The molecule has 0 radical (unpaired) electrons. The molecule has 1 saturated heterocycles. The average Bonchev–Trinajstić information content (AvgIpc) is 3.49. The van der Waals surface area contributed by atoms with Gasteiger partial charge in [0.2, 0.25) is 11.8 Å². The molecule has 6 nitrogen and oxygen atoms in total. The number of ether oxygens (including phenoxy) is 1. The summed E-state index contributed by atoms with van der Waals surface area (Å²) in [5, 5.41) is 3.01. The highest BCUT2D eigenvalue weighted by molar-refractivity contribution is 5.89. The summed E-state index contributed by atoms with van der Waals surface area (Å²) in [6, 6.07) is 13.1. The number of pyridine rings is 1. The minimum absolute atomic E-state index is 0.0469. The SMILES string of the molecule is O=C(NCc1ccc(OCc2ccccn2)cc1)C1CCCN1C(=O)C1CCCC1. The Labute approximate surface area is 177 Å². The van der Waals surface area contributed by atoms with Gasteiger partial charge in [-0.3, -0.25) is 14.6 Å². The average molecular weight is 408 g/mol. The Balaban J connectivity index is 1.26. The van der Waals surface area contributed by atoms with Crippen LogP contribution in [0.1, 0.15) is 49.8 Å². The third kappa shape index (κ3) is 4.99. The lowest BCUT2D eigenvalue weighted by Crippen LogP contribution is -2.47. The molecule has 0 bridgehead atoms. The first-order chi connectivity index (χ1) is 14.7. The molecule has 1 aliphatic heterocycles. The summed E-state index contributed by atoms with van der Waals surface area (Å²) >= 11 is 0. The molecule has 2 aliphatic rings. The number of hydrogen-bond acceptors (Lipinski definition) is 4. The third-order valence-electron chi connectivity index (χ3n) is 6.05. The maximum Gasteiger partial charge on any atom is 0.243 e. The number of likely N-dealkylation sites (tertiary alicyclic amines) is 1. The summed E-state index contributed by atoms with van der Waals surface area (Å²) < 4.78 is 5.75. The summed E-state index contributed by atoms with van der Waals surface area (Å²) in [5.41, 5.74) is 1.88. The van der Waals surface area contributed by atoms with Crippen LogP contribution in [0, 0.1) is 5.92 Å². The van der Waals surface area contributed by atoms with Crippen LogP contribution in [0.25, 0.3) is 0 Å². The van der Waals surface area contributed by atoms with Crippen molar-refractivity contribution in [3.05, 3.63) is 59.9 Å². The van der Waals surface area contributed by atoms with Crippen molar-refractivity contribution in [1.29, 1.82) is 0 Å². The number of hydrogen-bond donors (Lipinski definition) is 1. The molecule has 1 N–H and O–H groups in total. The highest BCUT2D eigenvalue weighted by Crippen LogP contribution is 2.29. The smallest absolute Gasteiger partial charge is 0.243 e. The van der Waals surface area contributed by atoms with Crippen molar-refractivity contribution in [2.75, 3.05) is 6.54 Å². The molecule has 1 aromatic heterocycles. The number of carbonyl (C=O) groups excluding carboxylic acids is 2. The number of nitrogens with zero attached hydrogens (tertiary/aromatic N) is 2. The second-order valence-electron chi connectivity index (χ2n) is 8.14. The lowest BCUT2D eigenvalue weighted by atomic mass is 10.1. The molecular weight excluding hydrogens is 378 g/mol. The quantitative estimate of drug-likeness (QED) is 0.763. The molecule has 30 heavy (non-hydrogen) atoms. The maximum atomic E-state index is 12.8. The fourth-order valence-corrected chi connectivity index (χ4v) is 4.36. The highest BCUT2D eigenvalue weighted by Gasteiger charge is 2.37. The topological polar surface area (TPSA) is 71.5 Å². The molecular formula is C24H29N3O3. The molecule has 1 unspecified atom stereocenters. The van der Waals surface area contributed by atoms with Gasteiger partial charge >= 0.3 is 0 Å². The number of nitrogens with one attached hydrogen (secondary N) is 1. The van der Waals surface area contributed by atoms with Crippen LogP contribution in [0.15, 0.2) is 48.7 Å². The molecule has 0 spiro atoms. The van der Waals surface area contributed by atoms with Gasteiger partial charge in [0.15, 0.2) is 0 Å². The fraction of sp³-hybridized carbons (Fsp3) is 0.458. The molecule has 6 heteroatoms. The molecule has 158 valence electrons. The van der Waals surface area contributed by atoms with E-state index in [-0.39, 0.29) is 23.8 Å². The van der Waals surface area contributed by atoms with Crippen LogP contribution in [-0.2, 0) is 22.7 Å². The lowest BCUT2D eigenvalue weighted by molar-refractivity contribution is -0.141. The van der Waals surface area contributed by atoms with Crippen molar-refractivity contribution in [3.8, 4) is 5.75 Å². The van der Waals surface area contributed by atoms with Gasteiger partial charge in [-0.15, -0.1) is 0 Å². The predicted molar refractivity (Wildman–Crippen MR) is 114 cm³/mol. The molecule has 2 amide bonds. The van der Waals surface area contributed by atoms with Crippen LogP contribution in [0.5, 0.6) is 5.75 Å². The number of benzene rings is 1. The summed E-state index contributed by atoms with van der Waals surface area (Å²) in [6.07, 6.45) is 7.60. The standard InChI is InChI=1S/C24H29N3O3/c28-23(22-9-5-15-27(22)24(29)19-6-1-2-7-19)26-16-18-10-12-21(13-11-18)30-17-20-8-3-4-14-25-20/h3-4,8,10-14,19,22H,1-2,5-7,9,15-17H2,(H,26,28). The maximum absolute atomic E-state index is 12.8. The molecule has 2 aromatic rings. The first-order valence-corrected chi connectivity index (χ1v) is 10.9. The van der Waals surface area contributed by atoms with E-state index in [9.17, 15) is 9.59 Å². The fourth-order valence-electron chi connectivity index (χ4n) is 4.36. The lowest BCUT2D eigenvalue weighted by Gasteiger charge is -2.26. The zero-order valence-corrected chi connectivity index (χ0v) is 17.3. The number of aromatic nitrogens is 1. The summed E-state index contributed by atoms with van der Waals surface area (Å²) in [6.45, 7) is 1.57. The number of carbonyl (C=O) groups is 2. The first-order valence-electron chi connectivity index (χ1n) is 10.9. The van der Waals surface area contributed by atoms with E-state index in [1.54, 1.807) is 6.20 Å². The number of rotatable bonds is 7. The van der Waals surface area contributed by atoms with E-state index in [4.69, 9.17) is 4.74 Å². The van der Waals surface area contributed by atoms with E-state index in [0.717, 1.165) is 55.5 Å².